The Morgan fingerprint density at radius 1 is 0.688 bits per heavy atom. The monoisotopic (exact) mass is 458 g/mol. The second-order valence-electron chi connectivity index (χ2n) is 11.2. The minimum absolute atomic E-state index is 0.0687. The highest BCUT2D eigenvalue weighted by molar-refractivity contribution is 6.77. The molecule has 0 saturated carbocycles. The lowest BCUT2D eigenvalue weighted by Gasteiger charge is -2.41. The molecule has 0 aliphatic rings. The Kier molecular flexibility index (Phi) is 11.1. The van der Waals surface area contributed by atoms with E-state index in [2.05, 4.69) is 114 Å². The molecule has 0 heterocycles. The number of hydrogen-bond donors (Lipinski definition) is 0. The lowest BCUT2D eigenvalue weighted by atomic mass is 9.82. The average Bonchev–Trinajstić information content (AvgIpc) is 2.68. The number of benzene rings is 1. The van der Waals surface area contributed by atoms with E-state index in [4.69, 9.17) is 9.16 Å². The van der Waals surface area contributed by atoms with Crippen molar-refractivity contribution in [3.63, 3.8) is 0 Å². The zero-order chi connectivity index (χ0) is 24.8. The molecule has 1 aromatic carbocycles. The summed E-state index contributed by atoms with van der Waals surface area (Å²) in [5, 5.41) is 0. The molecule has 0 aromatic heterocycles. The Labute approximate surface area is 201 Å². The van der Waals surface area contributed by atoms with Crippen molar-refractivity contribution in [3.8, 4) is 12.0 Å². The van der Waals surface area contributed by atoms with Gasteiger partial charge in [0.25, 0.3) is 0 Å². The van der Waals surface area contributed by atoms with Gasteiger partial charge in [0.1, 0.15) is 12.2 Å². The molecule has 3 heteroatoms. The van der Waals surface area contributed by atoms with Crippen LogP contribution in [-0.4, -0.2) is 14.9 Å². The lowest BCUT2D eigenvalue weighted by Crippen LogP contribution is -2.47. The van der Waals surface area contributed by atoms with Crippen LogP contribution in [0.2, 0.25) is 16.6 Å². The number of rotatable bonds is 10. The molecule has 0 amide bonds. The quantitative estimate of drug-likeness (QED) is 0.257. The fourth-order valence-electron chi connectivity index (χ4n) is 5.36. The fraction of sp³-hybridized carbons (Fsp3) is 0.724. The second kappa shape index (κ2) is 12.3. The molecule has 0 fully saturated rings. The van der Waals surface area contributed by atoms with E-state index in [0.29, 0.717) is 41.0 Å². The minimum atomic E-state index is -1.89. The highest BCUT2D eigenvalue weighted by Crippen LogP contribution is 2.42. The molecule has 32 heavy (non-hydrogen) atoms. The maximum Gasteiger partial charge on any atom is 0.201 e. The summed E-state index contributed by atoms with van der Waals surface area (Å²) in [5.74, 6) is 4.57. The van der Waals surface area contributed by atoms with Crippen molar-refractivity contribution in [1.82, 2.24) is 0 Å². The van der Waals surface area contributed by atoms with Gasteiger partial charge in [-0.15, -0.1) is 0 Å². The van der Waals surface area contributed by atoms with E-state index in [0.717, 1.165) is 0 Å². The van der Waals surface area contributed by atoms with Gasteiger partial charge in [-0.1, -0.05) is 95.2 Å². The molecule has 0 N–H and O–H groups in total. The lowest BCUT2D eigenvalue weighted by molar-refractivity contribution is 0.184. The van der Waals surface area contributed by atoms with Gasteiger partial charge in [0.2, 0.25) is 8.32 Å². The van der Waals surface area contributed by atoms with Crippen molar-refractivity contribution in [3.05, 3.63) is 34.4 Å². The summed E-state index contributed by atoms with van der Waals surface area (Å²) in [6.45, 7) is 30.0. The third-order valence-corrected chi connectivity index (χ3v) is 13.1. The van der Waals surface area contributed by atoms with Gasteiger partial charge in [0.15, 0.2) is 0 Å². The zero-order valence-corrected chi connectivity index (χ0v) is 24.2. The number of ether oxygens (including phenoxy) is 1. The summed E-state index contributed by atoms with van der Waals surface area (Å²) >= 11 is 0. The van der Waals surface area contributed by atoms with Crippen LogP contribution in [0.25, 0.3) is 0 Å². The van der Waals surface area contributed by atoms with Gasteiger partial charge < -0.3 is 9.16 Å². The molecule has 0 spiro atoms. The first-order chi connectivity index (χ1) is 14.8. The maximum absolute atomic E-state index is 6.55. The fourth-order valence-corrected chi connectivity index (χ4v) is 10.7. The Morgan fingerprint density at radius 2 is 1.12 bits per heavy atom. The highest BCUT2D eigenvalue weighted by atomic mass is 28.4. The van der Waals surface area contributed by atoms with E-state index in [9.17, 15) is 0 Å². The first-order valence-electron chi connectivity index (χ1n) is 12.7. The van der Waals surface area contributed by atoms with Crippen LogP contribution in [0.3, 0.4) is 0 Å². The van der Waals surface area contributed by atoms with Gasteiger partial charge >= 0.3 is 0 Å². The minimum Gasteiger partial charge on any atom is -0.439 e. The van der Waals surface area contributed by atoms with Crippen LogP contribution >= 0.6 is 0 Å². The van der Waals surface area contributed by atoms with Gasteiger partial charge in [0.05, 0.1) is 6.61 Å². The van der Waals surface area contributed by atoms with Crippen molar-refractivity contribution in [1.29, 1.82) is 0 Å². The summed E-state index contributed by atoms with van der Waals surface area (Å²) in [5.41, 5.74) is 7.17. The Bertz CT molecular complexity index is 727. The standard InChI is InChI=1S/C29H50O2Si/c1-19(2)26-17-27(20(3)4)29(28(18-26)21(5)6)25(13)30-15-14-16-31-32(22(7)8,23(9)10)24(11)12/h17-25H,16H2,1-13H3/t25-/m1/s1. The van der Waals surface area contributed by atoms with Crippen LogP contribution in [0, 0.1) is 12.0 Å². The largest absolute Gasteiger partial charge is 0.439 e. The molecule has 1 rings (SSSR count). The van der Waals surface area contributed by atoms with Gasteiger partial charge in [-0.05, 0) is 63.9 Å². The molecule has 1 atom stereocenters. The second-order valence-corrected chi connectivity index (χ2v) is 16.7. The SMILES string of the molecule is CC(C)c1cc(C(C)C)c([C@@H](C)OC#CCO[Si](C(C)C)(C(C)C)C(C)C)c(C(C)C)c1. The number of hydrogen-bond acceptors (Lipinski definition) is 2. The van der Waals surface area contributed by atoms with E-state index in [1.807, 2.05) is 0 Å². The van der Waals surface area contributed by atoms with Gasteiger partial charge in [-0.3, -0.25) is 0 Å². The summed E-state index contributed by atoms with van der Waals surface area (Å²) in [7, 11) is -1.89. The van der Waals surface area contributed by atoms with Crippen molar-refractivity contribution in [2.75, 3.05) is 6.61 Å². The molecule has 0 radical (unpaired) electrons. The summed E-state index contributed by atoms with van der Waals surface area (Å²) in [6.07, 6.45) is 2.92. The summed E-state index contributed by atoms with van der Waals surface area (Å²) < 4.78 is 12.6. The third-order valence-electron chi connectivity index (χ3n) is 6.99. The van der Waals surface area contributed by atoms with E-state index >= 15 is 0 Å². The predicted octanol–water partition coefficient (Wildman–Crippen LogP) is 9.29. The molecule has 0 bridgehead atoms. The van der Waals surface area contributed by atoms with Crippen LogP contribution in [0.1, 0.15) is 136 Å². The van der Waals surface area contributed by atoms with Crippen molar-refractivity contribution >= 4 is 8.32 Å². The van der Waals surface area contributed by atoms with E-state index in [1.54, 1.807) is 0 Å². The van der Waals surface area contributed by atoms with Crippen LogP contribution in [0.4, 0.5) is 0 Å². The van der Waals surface area contributed by atoms with E-state index in [1.165, 1.54) is 22.3 Å². The van der Waals surface area contributed by atoms with Gasteiger partial charge in [-0.2, -0.15) is 0 Å². The predicted molar refractivity (Wildman–Crippen MR) is 143 cm³/mol. The molecule has 0 unspecified atom stereocenters. The highest BCUT2D eigenvalue weighted by Gasteiger charge is 2.44. The average molecular weight is 459 g/mol. The molecule has 0 aliphatic heterocycles. The first kappa shape index (κ1) is 28.8. The molecule has 1 aromatic rings. The Balaban J connectivity index is 3.13. The Morgan fingerprint density at radius 3 is 1.47 bits per heavy atom. The normalized spacial score (nSPS) is 13.5. The van der Waals surface area contributed by atoms with Crippen LogP contribution < -0.4 is 0 Å². The maximum atomic E-state index is 6.55. The van der Waals surface area contributed by atoms with Crippen molar-refractivity contribution < 1.29 is 9.16 Å². The first-order valence-corrected chi connectivity index (χ1v) is 14.9. The molecule has 182 valence electrons. The third kappa shape index (κ3) is 6.64. The van der Waals surface area contributed by atoms with Crippen molar-refractivity contribution in [2.45, 2.75) is 130 Å². The zero-order valence-electron chi connectivity index (χ0n) is 23.2. The van der Waals surface area contributed by atoms with Crippen molar-refractivity contribution in [2.24, 2.45) is 0 Å². The molecular weight excluding hydrogens is 408 g/mol. The molecule has 0 aliphatic carbocycles. The van der Waals surface area contributed by atoms with Gasteiger partial charge in [-0.25, -0.2) is 0 Å². The van der Waals surface area contributed by atoms with Crippen LogP contribution in [0.5, 0.6) is 0 Å². The molecular formula is C29H50O2Si. The van der Waals surface area contributed by atoms with Crippen LogP contribution in [-0.2, 0) is 9.16 Å². The summed E-state index contributed by atoms with van der Waals surface area (Å²) in [4.78, 5) is 0. The smallest absolute Gasteiger partial charge is 0.201 e. The van der Waals surface area contributed by atoms with E-state index in [-0.39, 0.29) is 6.10 Å². The molecule has 2 nitrogen and oxygen atoms in total. The van der Waals surface area contributed by atoms with E-state index < -0.39 is 8.32 Å². The van der Waals surface area contributed by atoms with Gasteiger partial charge in [0, 0.05) is 5.56 Å². The Hall–Kier alpha value is -1.24. The topological polar surface area (TPSA) is 18.5 Å². The van der Waals surface area contributed by atoms with Crippen LogP contribution in [0.15, 0.2) is 12.1 Å². The summed E-state index contributed by atoms with van der Waals surface area (Å²) in [6, 6.07) is 4.75. The molecule has 0 saturated heterocycles.